The Morgan fingerprint density at radius 2 is 1.80 bits per heavy atom. The smallest absolute Gasteiger partial charge is 0.411 e. The maximum Gasteiger partial charge on any atom is 0.411 e. The van der Waals surface area contributed by atoms with E-state index in [1.165, 1.54) is 31.4 Å². The number of sulfonamides is 1. The Kier molecular flexibility index (Phi) is 7.29. The number of hydrogen-bond acceptors (Lipinski definition) is 6. The zero-order valence-electron chi connectivity index (χ0n) is 25.1. The Hall–Kier alpha value is -4.31. The van der Waals surface area contributed by atoms with E-state index in [1.807, 2.05) is 0 Å². The molecule has 4 aromatic rings. The zero-order valence-corrected chi connectivity index (χ0v) is 23.9. The number of ether oxygens (including phenoxy) is 2. The average Bonchev–Trinajstić information content (AvgIpc) is 3.60. The first-order valence-corrected chi connectivity index (χ1v) is 14.8. The molecule has 0 atom stereocenters. The van der Waals surface area contributed by atoms with E-state index in [2.05, 4.69) is 10.0 Å². The lowest BCUT2D eigenvalue weighted by Crippen LogP contribution is -2.31. The van der Waals surface area contributed by atoms with Crippen LogP contribution >= 0.6 is 0 Å². The van der Waals surface area contributed by atoms with Gasteiger partial charge in [-0.2, -0.15) is 0 Å². The summed E-state index contributed by atoms with van der Waals surface area (Å²) in [7, 11) is -0.993. The molecule has 1 fully saturated rings. The summed E-state index contributed by atoms with van der Waals surface area (Å²) in [6, 6.07) is 15.6. The molecular formula is C31H33N3O6S. The molecule has 0 aliphatic heterocycles. The average molecular weight is 578 g/mol. The van der Waals surface area contributed by atoms with Gasteiger partial charge in [-0.1, -0.05) is 24.3 Å². The van der Waals surface area contributed by atoms with Crippen LogP contribution in [0.3, 0.4) is 0 Å². The molecule has 2 N–H and O–H groups in total. The number of rotatable bonds is 8. The van der Waals surface area contributed by atoms with E-state index >= 15 is 0 Å². The van der Waals surface area contributed by atoms with Crippen molar-refractivity contribution in [3.05, 3.63) is 89.1 Å². The number of aromatic nitrogens is 1. The molecule has 1 aliphatic rings. The van der Waals surface area contributed by atoms with Gasteiger partial charge < -0.3 is 14.0 Å². The van der Waals surface area contributed by atoms with Gasteiger partial charge in [0.2, 0.25) is 0 Å². The van der Waals surface area contributed by atoms with Crippen LogP contribution in [0.2, 0.25) is 0 Å². The lowest BCUT2D eigenvalue weighted by atomic mass is 10.0. The second-order valence-electron chi connectivity index (χ2n) is 10.1. The third kappa shape index (κ3) is 6.22. The molecule has 0 spiro atoms. The highest BCUT2D eigenvalue weighted by Crippen LogP contribution is 2.30. The molecular weight excluding hydrogens is 542 g/mol. The van der Waals surface area contributed by atoms with Crippen molar-refractivity contribution in [2.75, 3.05) is 12.4 Å². The molecule has 0 radical (unpaired) electrons. The summed E-state index contributed by atoms with van der Waals surface area (Å²) in [5, 5.41) is 3.32. The topological polar surface area (TPSA) is 116 Å². The molecule has 214 valence electrons. The van der Waals surface area contributed by atoms with Gasteiger partial charge in [0.1, 0.15) is 11.9 Å². The zero-order chi connectivity index (χ0) is 30.9. The van der Waals surface area contributed by atoms with Crippen LogP contribution in [0.1, 0.15) is 55.5 Å². The first-order chi connectivity index (χ1) is 20.4. The van der Waals surface area contributed by atoms with E-state index < -0.39 is 28.4 Å². The fourth-order valence-corrected chi connectivity index (χ4v) is 6.27. The van der Waals surface area contributed by atoms with E-state index in [4.69, 9.17) is 12.2 Å². The highest BCUT2D eigenvalue weighted by atomic mass is 32.2. The molecule has 0 saturated heterocycles. The van der Waals surface area contributed by atoms with Crippen molar-refractivity contribution < 1.29 is 30.2 Å². The maximum atomic E-state index is 13.0. The molecule has 1 heterocycles. The van der Waals surface area contributed by atoms with E-state index in [9.17, 15) is 18.0 Å². The highest BCUT2D eigenvalue weighted by molar-refractivity contribution is 7.90. The minimum atomic E-state index is -4.14. The second kappa shape index (κ2) is 11.7. The summed E-state index contributed by atoms with van der Waals surface area (Å²) in [6.07, 6.45) is 2.69. The van der Waals surface area contributed by atoms with Crippen molar-refractivity contribution in [1.82, 2.24) is 9.29 Å². The quantitative estimate of drug-likeness (QED) is 0.278. The van der Waals surface area contributed by atoms with E-state index in [1.54, 1.807) is 61.1 Å². The number of methoxy groups -OCH3 is 1. The van der Waals surface area contributed by atoms with E-state index in [-0.39, 0.29) is 27.9 Å². The Bertz CT molecular complexity index is 1810. The number of nitrogens with one attached hydrogen (secondary N) is 2. The molecule has 1 aliphatic carbocycles. The molecule has 1 saturated carbocycles. The van der Waals surface area contributed by atoms with Crippen molar-refractivity contribution in [3.63, 3.8) is 0 Å². The summed E-state index contributed by atoms with van der Waals surface area (Å²) >= 11 is 0. The molecule has 1 aromatic heterocycles. The summed E-state index contributed by atoms with van der Waals surface area (Å²) in [5.41, 5.74) is 2.13. The molecule has 9 nitrogen and oxygen atoms in total. The molecule has 0 bridgehead atoms. The van der Waals surface area contributed by atoms with Crippen LogP contribution in [0.4, 0.5) is 10.5 Å². The number of carbonyl (C=O) groups is 2. The van der Waals surface area contributed by atoms with Gasteiger partial charge in [-0.15, -0.1) is 0 Å². The number of amides is 2. The molecule has 10 heteroatoms. The van der Waals surface area contributed by atoms with Gasteiger partial charge in [0.05, 0.1) is 12.0 Å². The highest BCUT2D eigenvalue weighted by Gasteiger charge is 2.22. The van der Waals surface area contributed by atoms with Crippen LogP contribution in [0.15, 0.2) is 71.8 Å². The number of nitrogens with zero attached hydrogens (tertiary/aromatic N) is 1. The molecule has 5 rings (SSSR count). The van der Waals surface area contributed by atoms with Gasteiger partial charge in [-0.05, 0) is 85.7 Å². The Morgan fingerprint density at radius 1 is 1.05 bits per heavy atom. The fourth-order valence-electron chi connectivity index (χ4n) is 5.05. The van der Waals surface area contributed by atoms with Crippen LogP contribution in [-0.2, 0) is 28.2 Å². The lowest BCUT2D eigenvalue weighted by Gasteiger charge is -2.13. The SMILES string of the molecule is [2H]C([2H])(c1ccc(C(=O)NS(=O)(=O)c2ccccc2C)cc1OC)c1cn(C)c2ccc(NC(=O)OC3CCCC3)cc12. The summed E-state index contributed by atoms with van der Waals surface area (Å²) in [6.45, 7) is 1.63. The Labute approximate surface area is 242 Å². The van der Waals surface area contributed by atoms with Gasteiger partial charge in [0.15, 0.2) is 0 Å². The van der Waals surface area contributed by atoms with Gasteiger partial charge in [0.25, 0.3) is 15.9 Å². The van der Waals surface area contributed by atoms with Crippen LogP contribution < -0.4 is 14.8 Å². The number of carbonyl (C=O) groups excluding carboxylic acids is 2. The van der Waals surface area contributed by atoms with Crippen LogP contribution in [0.5, 0.6) is 5.75 Å². The number of anilines is 1. The minimum absolute atomic E-state index is 0.0140. The van der Waals surface area contributed by atoms with Crippen molar-refractivity contribution in [3.8, 4) is 5.75 Å². The third-order valence-electron chi connectivity index (χ3n) is 7.15. The van der Waals surface area contributed by atoms with Gasteiger partial charge in [-0.25, -0.2) is 17.9 Å². The van der Waals surface area contributed by atoms with Gasteiger partial charge in [-0.3, -0.25) is 10.1 Å². The first kappa shape index (κ1) is 25.6. The fraction of sp³-hybridized carbons (Fsp3) is 0.290. The Morgan fingerprint density at radius 3 is 2.54 bits per heavy atom. The largest absolute Gasteiger partial charge is 0.496 e. The lowest BCUT2D eigenvalue weighted by molar-refractivity contribution is 0.0980. The monoisotopic (exact) mass is 577 g/mol. The summed E-state index contributed by atoms with van der Waals surface area (Å²) in [5.74, 6) is -0.809. The van der Waals surface area contributed by atoms with Gasteiger partial charge in [0, 0.05) is 44.5 Å². The normalized spacial score (nSPS) is 14.8. The first-order valence-electron chi connectivity index (χ1n) is 14.3. The summed E-state index contributed by atoms with van der Waals surface area (Å²) in [4.78, 5) is 25.4. The predicted molar refractivity (Wildman–Crippen MR) is 157 cm³/mol. The standard InChI is InChI=1S/C31H33N3O6S/c1-20-8-4-7-11-29(20)41(37,38)33-30(35)22-13-12-21(28(17-22)39-3)16-23-19-34(2)27-15-14-24(18-26(23)27)32-31(36)40-25-9-5-6-10-25/h4,7-8,11-15,17-19,25H,5-6,9-10,16H2,1-3H3,(H,32,36)(H,33,35)/i16D2. The third-order valence-corrected chi connectivity index (χ3v) is 8.65. The molecule has 2 amide bonds. The molecule has 41 heavy (non-hydrogen) atoms. The van der Waals surface area contributed by atoms with E-state index in [0.717, 1.165) is 31.2 Å². The van der Waals surface area contributed by atoms with Crippen molar-refractivity contribution in [2.24, 2.45) is 7.05 Å². The van der Waals surface area contributed by atoms with Crippen LogP contribution in [-0.4, -0.2) is 38.2 Å². The second-order valence-corrected chi connectivity index (χ2v) is 11.7. The van der Waals surface area contributed by atoms with Crippen molar-refractivity contribution in [2.45, 2.75) is 50.0 Å². The van der Waals surface area contributed by atoms with Crippen molar-refractivity contribution in [1.29, 1.82) is 0 Å². The predicted octanol–water partition coefficient (Wildman–Crippen LogP) is 5.70. The number of aryl methyl sites for hydroxylation is 2. The maximum absolute atomic E-state index is 13.0. The number of hydrogen-bond donors (Lipinski definition) is 2. The van der Waals surface area contributed by atoms with Crippen LogP contribution in [0.25, 0.3) is 10.9 Å². The van der Waals surface area contributed by atoms with E-state index in [0.29, 0.717) is 22.2 Å². The summed E-state index contributed by atoms with van der Waals surface area (Å²) < 4.78 is 58.8. The molecule has 3 aromatic carbocycles. The Balaban J connectivity index is 1.43. The number of benzene rings is 3. The van der Waals surface area contributed by atoms with Crippen molar-refractivity contribution >= 4 is 38.6 Å². The number of fused-ring (bicyclic) bond motifs is 1. The molecule has 0 unspecified atom stereocenters. The minimum Gasteiger partial charge on any atom is -0.496 e. The van der Waals surface area contributed by atoms with Gasteiger partial charge >= 0.3 is 6.09 Å². The van der Waals surface area contributed by atoms with Crippen LogP contribution in [0, 0.1) is 6.92 Å².